The number of rotatable bonds is 4. The molecule has 0 saturated heterocycles. The maximum atomic E-state index is 12.3. The lowest BCUT2D eigenvalue weighted by Crippen LogP contribution is -2.31. The Kier molecular flexibility index (Phi) is 4.33. The molecule has 0 fully saturated rings. The lowest BCUT2D eigenvalue weighted by atomic mass is 9.74. The van der Waals surface area contributed by atoms with Crippen molar-refractivity contribution in [2.24, 2.45) is 5.41 Å². The summed E-state index contributed by atoms with van der Waals surface area (Å²) in [6.45, 7) is 13.8. The Hall–Kier alpha value is -1.57. The Morgan fingerprint density at radius 1 is 1.39 bits per heavy atom. The molecule has 0 aromatic heterocycles. The molecule has 98 valence electrons. The zero-order chi connectivity index (χ0) is 13.9. The van der Waals surface area contributed by atoms with Crippen molar-refractivity contribution in [3.8, 4) is 0 Å². The third kappa shape index (κ3) is 3.22. The van der Waals surface area contributed by atoms with Crippen LogP contribution in [0.1, 0.15) is 33.6 Å². The predicted octanol–water partition coefficient (Wildman–Crippen LogP) is 3.84. The van der Waals surface area contributed by atoms with Crippen molar-refractivity contribution in [1.82, 2.24) is 4.90 Å². The third-order valence-electron chi connectivity index (χ3n) is 3.15. The van der Waals surface area contributed by atoms with Crippen LogP contribution >= 0.6 is 0 Å². The number of nitrogens with zero attached hydrogens (tertiary/aromatic N) is 1. The Balaban J connectivity index is 3.24. The van der Waals surface area contributed by atoms with Gasteiger partial charge < -0.3 is 4.90 Å². The molecule has 1 aliphatic carbocycles. The highest BCUT2D eigenvalue weighted by atomic mass is 16.1. The summed E-state index contributed by atoms with van der Waals surface area (Å²) in [5.41, 5.74) is 2.72. The number of allylic oxidation sites excluding steroid dienone is 5. The molecule has 0 heterocycles. The van der Waals surface area contributed by atoms with Crippen LogP contribution in [0.3, 0.4) is 0 Å². The van der Waals surface area contributed by atoms with E-state index in [4.69, 9.17) is 0 Å². The Morgan fingerprint density at radius 2 is 2.00 bits per heavy atom. The highest BCUT2D eigenvalue weighted by molar-refractivity contribution is 6.01. The Bertz CT molecular complexity index is 438. The van der Waals surface area contributed by atoms with Crippen molar-refractivity contribution in [3.63, 3.8) is 0 Å². The molecule has 0 aromatic rings. The zero-order valence-electron chi connectivity index (χ0n) is 11.9. The fourth-order valence-electron chi connectivity index (χ4n) is 2.35. The van der Waals surface area contributed by atoms with Crippen LogP contribution in [0.4, 0.5) is 0 Å². The van der Waals surface area contributed by atoms with Gasteiger partial charge >= 0.3 is 0 Å². The summed E-state index contributed by atoms with van der Waals surface area (Å²) >= 11 is 0. The summed E-state index contributed by atoms with van der Waals surface area (Å²) in [4.78, 5) is 14.3. The van der Waals surface area contributed by atoms with Gasteiger partial charge in [-0.2, -0.15) is 0 Å². The van der Waals surface area contributed by atoms with Crippen molar-refractivity contribution < 1.29 is 4.79 Å². The monoisotopic (exact) mass is 245 g/mol. The second-order valence-corrected chi connectivity index (χ2v) is 5.73. The fraction of sp³-hybridized carbons (Fsp3) is 0.438. The molecule has 0 atom stereocenters. The van der Waals surface area contributed by atoms with Gasteiger partial charge in [0.2, 0.25) is 0 Å². The van der Waals surface area contributed by atoms with Gasteiger partial charge in [0, 0.05) is 30.9 Å². The van der Waals surface area contributed by atoms with E-state index in [0.29, 0.717) is 6.42 Å². The van der Waals surface area contributed by atoms with Gasteiger partial charge in [0.05, 0.1) is 0 Å². The molecule has 0 aromatic carbocycles. The van der Waals surface area contributed by atoms with Gasteiger partial charge in [-0.1, -0.05) is 33.1 Å². The molecule has 2 heteroatoms. The topological polar surface area (TPSA) is 20.3 Å². The van der Waals surface area contributed by atoms with E-state index in [2.05, 4.69) is 27.0 Å². The van der Waals surface area contributed by atoms with Crippen molar-refractivity contribution in [2.75, 3.05) is 7.05 Å². The molecule has 0 radical (unpaired) electrons. The number of ketones is 1. The molecule has 0 aliphatic heterocycles. The lowest BCUT2D eigenvalue weighted by molar-refractivity contribution is -0.118. The largest absolute Gasteiger partial charge is 0.354 e. The number of hydrogen-bond acceptors (Lipinski definition) is 2. The van der Waals surface area contributed by atoms with Gasteiger partial charge in [-0.15, -0.1) is 0 Å². The quantitative estimate of drug-likeness (QED) is 0.701. The minimum absolute atomic E-state index is 0.0155. The predicted molar refractivity (Wildman–Crippen MR) is 77.0 cm³/mol. The Morgan fingerprint density at radius 3 is 2.50 bits per heavy atom. The Labute approximate surface area is 110 Å². The molecule has 1 rings (SSSR count). The van der Waals surface area contributed by atoms with E-state index in [-0.39, 0.29) is 11.2 Å². The van der Waals surface area contributed by atoms with Gasteiger partial charge in [-0.3, -0.25) is 4.79 Å². The van der Waals surface area contributed by atoms with Crippen LogP contribution in [0.5, 0.6) is 0 Å². The van der Waals surface area contributed by atoms with E-state index in [9.17, 15) is 4.79 Å². The summed E-state index contributed by atoms with van der Waals surface area (Å²) < 4.78 is 0. The zero-order valence-corrected chi connectivity index (χ0v) is 11.9. The minimum atomic E-state index is 0.0155. The number of carbonyl (C=O) groups is 1. The first-order chi connectivity index (χ1) is 8.28. The first kappa shape index (κ1) is 14.5. The van der Waals surface area contributed by atoms with Crippen molar-refractivity contribution in [3.05, 3.63) is 48.4 Å². The minimum Gasteiger partial charge on any atom is -0.354 e. The standard InChI is InChI=1S/C16H23NO/c1-7-8-9-17(6)13-10-16(4,5)11-14(18)15(13)12(2)3/h7-9H,1-2,10-11H2,3-6H3. The van der Waals surface area contributed by atoms with Crippen molar-refractivity contribution in [1.29, 1.82) is 0 Å². The highest BCUT2D eigenvalue weighted by Crippen LogP contribution is 2.39. The maximum Gasteiger partial charge on any atom is 0.165 e. The van der Waals surface area contributed by atoms with Gasteiger partial charge in [-0.05, 0) is 30.4 Å². The van der Waals surface area contributed by atoms with Crippen LogP contribution in [-0.4, -0.2) is 17.7 Å². The van der Waals surface area contributed by atoms with E-state index in [0.717, 1.165) is 23.3 Å². The van der Waals surface area contributed by atoms with Crippen LogP contribution in [0.15, 0.2) is 48.4 Å². The van der Waals surface area contributed by atoms with Crippen LogP contribution in [0.25, 0.3) is 0 Å². The van der Waals surface area contributed by atoms with Crippen LogP contribution in [0, 0.1) is 5.41 Å². The fourth-order valence-corrected chi connectivity index (χ4v) is 2.35. The summed E-state index contributed by atoms with van der Waals surface area (Å²) in [6, 6.07) is 0. The van der Waals surface area contributed by atoms with Gasteiger partial charge in [0.1, 0.15) is 0 Å². The van der Waals surface area contributed by atoms with E-state index in [1.54, 1.807) is 6.08 Å². The molecule has 0 unspecified atom stereocenters. The van der Waals surface area contributed by atoms with E-state index < -0.39 is 0 Å². The van der Waals surface area contributed by atoms with Gasteiger partial charge in [0.25, 0.3) is 0 Å². The smallest absolute Gasteiger partial charge is 0.165 e. The molecule has 0 amide bonds. The van der Waals surface area contributed by atoms with Gasteiger partial charge in [0.15, 0.2) is 5.78 Å². The molecular weight excluding hydrogens is 222 g/mol. The van der Waals surface area contributed by atoms with E-state index >= 15 is 0 Å². The van der Waals surface area contributed by atoms with Crippen LogP contribution in [-0.2, 0) is 4.79 Å². The van der Waals surface area contributed by atoms with Crippen LogP contribution < -0.4 is 0 Å². The molecule has 0 saturated carbocycles. The van der Waals surface area contributed by atoms with Crippen molar-refractivity contribution >= 4 is 5.78 Å². The molecule has 18 heavy (non-hydrogen) atoms. The molecule has 0 N–H and O–H groups in total. The summed E-state index contributed by atoms with van der Waals surface area (Å²) in [6.07, 6.45) is 7.01. The molecule has 0 bridgehead atoms. The first-order valence-electron chi connectivity index (χ1n) is 6.23. The molecule has 2 nitrogen and oxygen atoms in total. The molecule has 0 spiro atoms. The van der Waals surface area contributed by atoms with E-state index in [1.807, 2.05) is 31.1 Å². The number of carbonyl (C=O) groups excluding carboxylic acids is 1. The average Bonchev–Trinajstić information content (AvgIpc) is 2.22. The lowest BCUT2D eigenvalue weighted by Gasteiger charge is -2.35. The summed E-state index contributed by atoms with van der Waals surface area (Å²) in [5, 5.41) is 0. The summed E-state index contributed by atoms with van der Waals surface area (Å²) in [5.74, 6) is 0.201. The van der Waals surface area contributed by atoms with E-state index in [1.165, 1.54) is 0 Å². The first-order valence-corrected chi connectivity index (χ1v) is 6.23. The number of Topliss-reactive ketones (excluding diaryl/α,β-unsaturated/α-hetero) is 1. The number of hydrogen-bond donors (Lipinski definition) is 0. The second-order valence-electron chi connectivity index (χ2n) is 5.73. The molecule has 1 aliphatic rings. The van der Waals surface area contributed by atoms with Crippen LogP contribution in [0.2, 0.25) is 0 Å². The SMILES string of the molecule is C=CC=CN(C)C1=C(C(=C)C)C(=O)CC(C)(C)C1. The van der Waals surface area contributed by atoms with Crippen molar-refractivity contribution in [2.45, 2.75) is 33.6 Å². The average molecular weight is 245 g/mol. The normalized spacial score (nSPS) is 19.2. The second kappa shape index (κ2) is 5.38. The van der Waals surface area contributed by atoms with Gasteiger partial charge in [-0.25, -0.2) is 0 Å². The summed E-state index contributed by atoms with van der Waals surface area (Å²) in [7, 11) is 1.97. The third-order valence-corrected chi connectivity index (χ3v) is 3.15. The highest BCUT2D eigenvalue weighted by Gasteiger charge is 2.34. The maximum absolute atomic E-state index is 12.3. The molecular formula is C16H23NO.